The van der Waals surface area contributed by atoms with Crippen molar-refractivity contribution >= 4 is 32.4 Å². The zero-order chi connectivity index (χ0) is 19.1. The molecule has 2 aromatic carbocycles. The molecular weight excluding hydrogens is 374 g/mol. The maximum absolute atomic E-state index is 12.9. The fraction of sp³-hybridized carbons (Fsp3) is 0.286. The van der Waals surface area contributed by atoms with Crippen molar-refractivity contribution in [3.8, 4) is 0 Å². The molecule has 144 valence electrons. The van der Waals surface area contributed by atoms with Gasteiger partial charge in [0, 0.05) is 30.7 Å². The molecule has 3 aromatic rings. The van der Waals surface area contributed by atoms with Crippen molar-refractivity contribution in [1.82, 2.24) is 9.29 Å². The second-order valence-electron chi connectivity index (χ2n) is 7.07. The maximum atomic E-state index is 12.9. The van der Waals surface area contributed by atoms with Gasteiger partial charge in [0.15, 0.2) is 0 Å². The number of nitrogens with zero attached hydrogens (tertiary/aromatic N) is 3. The van der Waals surface area contributed by atoms with Gasteiger partial charge in [0.1, 0.15) is 5.82 Å². The predicted molar refractivity (Wildman–Crippen MR) is 108 cm³/mol. The highest BCUT2D eigenvalue weighted by atomic mass is 32.2. The number of pyridine rings is 1. The number of hydrogen-bond acceptors (Lipinski definition) is 5. The van der Waals surface area contributed by atoms with E-state index in [1.54, 1.807) is 18.2 Å². The van der Waals surface area contributed by atoms with E-state index >= 15 is 0 Å². The van der Waals surface area contributed by atoms with Gasteiger partial charge in [0.05, 0.1) is 23.6 Å². The number of para-hydroxylation sites is 1. The molecule has 1 aromatic heterocycles. The van der Waals surface area contributed by atoms with Gasteiger partial charge < -0.3 is 9.64 Å². The summed E-state index contributed by atoms with van der Waals surface area (Å²) >= 11 is 0. The van der Waals surface area contributed by atoms with Crippen molar-refractivity contribution in [2.45, 2.75) is 11.3 Å². The van der Waals surface area contributed by atoms with Crippen LogP contribution >= 0.6 is 0 Å². The Kier molecular flexibility index (Phi) is 4.30. The van der Waals surface area contributed by atoms with E-state index in [9.17, 15) is 8.42 Å². The average Bonchev–Trinajstić information content (AvgIpc) is 3.18. The summed E-state index contributed by atoms with van der Waals surface area (Å²) < 4.78 is 32.5. The standard InChI is InChI=1S/C21H21N3O3S/c25-28(26,23-11-13-27-14-12-23)18-6-7-19-17(15-18)5-8-21(22-19)24-10-9-16-3-1-2-4-20(16)24/h1-8,15H,9-14H2. The van der Waals surface area contributed by atoms with Crippen molar-refractivity contribution in [3.63, 3.8) is 0 Å². The van der Waals surface area contributed by atoms with Crippen LogP contribution in [0.4, 0.5) is 11.5 Å². The van der Waals surface area contributed by atoms with Gasteiger partial charge in [-0.2, -0.15) is 4.31 Å². The van der Waals surface area contributed by atoms with Crippen LogP contribution in [-0.2, 0) is 21.2 Å². The highest BCUT2D eigenvalue weighted by Gasteiger charge is 2.27. The number of ether oxygens (including phenoxy) is 1. The zero-order valence-corrected chi connectivity index (χ0v) is 16.2. The molecule has 0 bridgehead atoms. The van der Waals surface area contributed by atoms with E-state index in [1.165, 1.54) is 15.6 Å². The lowest BCUT2D eigenvalue weighted by atomic mass is 10.2. The second kappa shape index (κ2) is 6.84. The monoisotopic (exact) mass is 395 g/mol. The second-order valence-corrected chi connectivity index (χ2v) is 9.01. The smallest absolute Gasteiger partial charge is 0.243 e. The third kappa shape index (κ3) is 2.96. The molecule has 0 spiro atoms. The summed E-state index contributed by atoms with van der Waals surface area (Å²) in [5.41, 5.74) is 3.32. The minimum atomic E-state index is -3.50. The number of fused-ring (bicyclic) bond motifs is 2. The van der Waals surface area contributed by atoms with E-state index in [2.05, 4.69) is 23.1 Å². The molecule has 5 rings (SSSR count). The van der Waals surface area contributed by atoms with Crippen molar-refractivity contribution in [2.24, 2.45) is 0 Å². The van der Waals surface area contributed by atoms with Crippen molar-refractivity contribution in [1.29, 1.82) is 0 Å². The molecule has 1 fully saturated rings. The molecule has 6 nitrogen and oxygen atoms in total. The Labute approximate surface area is 164 Å². The van der Waals surface area contributed by atoms with Crippen LogP contribution in [0.5, 0.6) is 0 Å². The van der Waals surface area contributed by atoms with E-state index in [0.29, 0.717) is 31.2 Å². The predicted octanol–water partition coefficient (Wildman–Crippen LogP) is 2.95. The number of morpholine rings is 1. The molecule has 3 heterocycles. The SMILES string of the molecule is O=S(=O)(c1ccc2nc(N3CCc4ccccc43)ccc2c1)N1CCOCC1. The fourth-order valence-electron chi connectivity index (χ4n) is 3.92. The first-order valence-electron chi connectivity index (χ1n) is 9.47. The molecule has 7 heteroatoms. The fourth-order valence-corrected chi connectivity index (χ4v) is 5.36. The summed E-state index contributed by atoms with van der Waals surface area (Å²) in [5, 5.41) is 0.825. The Morgan fingerprint density at radius 2 is 1.75 bits per heavy atom. The first-order chi connectivity index (χ1) is 13.6. The van der Waals surface area contributed by atoms with Gasteiger partial charge in [-0.3, -0.25) is 0 Å². The van der Waals surface area contributed by atoms with Crippen LogP contribution in [0.1, 0.15) is 5.56 Å². The minimum absolute atomic E-state index is 0.308. The molecule has 28 heavy (non-hydrogen) atoms. The maximum Gasteiger partial charge on any atom is 0.243 e. The molecule has 0 aliphatic carbocycles. The molecule has 2 aliphatic heterocycles. The highest BCUT2D eigenvalue weighted by Crippen LogP contribution is 2.34. The molecule has 0 N–H and O–H groups in total. The zero-order valence-electron chi connectivity index (χ0n) is 15.4. The lowest BCUT2D eigenvalue weighted by Crippen LogP contribution is -2.40. The topological polar surface area (TPSA) is 62.7 Å². The van der Waals surface area contributed by atoms with Crippen LogP contribution < -0.4 is 4.90 Å². The van der Waals surface area contributed by atoms with Crippen LogP contribution in [0.3, 0.4) is 0 Å². The van der Waals surface area contributed by atoms with Gasteiger partial charge in [0.25, 0.3) is 0 Å². The van der Waals surface area contributed by atoms with Crippen molar-refractivity contribution in [3.05, 3.63) is 60.2 Å². The lowest BCUT2D eigenvalue weighted by molar-refractivity contribution is 0.0730. The van der Waals surface area contributed by atoms with Crippen molar-refractivity contribution < 1.29 is 13.2 Å². The van der Waals surface area contributed by atoms with Crippen LogP contribution in [0.25, 0.3) is 10.9 Å². The molecule has 0 atom stereocenters. The first-order valence-corrected chi connectivity index (χ1v) is 10.9. The molecule has 2 aliphatic rings. The van der Waals surface area contributed by atoms with Gasteiger partial charge >= 0.3 is 0 Å². The van der Waals surface area contributed by atoms with Crippen LogP contribution in [0.15, 0.2) is 59.5 Å². The van der Waals surface area contributed by atoms with Gasteiger partial charge in [0.2, 0.25) is 10.0 Å². The lowest BCUT2D eigenvalue weighted by Gasteiger charge is -2.26. The average molecular weight is 395 g/mol. The van der Waals surface area contributed by atoms with E-state index < -0.39 is 10.0 Å². The first kappa shape index (κ1) is 17.6. The van der Waals surface area contributed by atoms with Crippen LogP contribution in [-0.4, -0.2) is 50.6 Å². The van der Waals surface area contributed by atoms with Gasteiger partial charge in [-0.1, -0.05) is 18.2 Å². The number of rotatable bonds is 3. The molecule has 0 radical (unpaired) electrons. The summed E-state index contributed by atoms with van der Waals surface area (Å²) in [4.78, 5) is 7.31. The number of anilines is 2. The Hall–Kier alpha value is -2.48. The Bertz CT molecular complexity index is 1140. The largest absolute Gasteiger partial charge is 0.379 e. The summed E-state index contributed by atoms with van der Waals surface area (Å²) in [7, 11) is -3.50. The third-order valence-corrected chi connectivity index (χ3v) is 7.31. The van der Waals surface area contributed by atoms with E-state index in [0.717, 1.165) is 29.7 Å². The van der Waals surface area contributed by atoms with Gasteiger partial charge in [-0.05, 0) is 48.4 Å². The third-order valence-electron chi connectivity index (χ3n) is 5.42. The number of sulfonamides is 1. The number of hydrogen-bond donors (Lipinski definition) is 0. The molecule has 0 amide bonds. The van der Waals surface area contributed by atoms with Crippen molar-refractivity contribution in [2.75, 3.05) is 37.7 Å². The normalized spacial score (nSPS) is 17.8. The van der Waals surface area contributed by atoms with Gasteiger partial charge in [-0.25, -0.2) is 13.4 Å². The number of benzene rings is 2. The Balaban J connectivity index is 1.49. The van der Waals surface area contributed by atoms with E-state index in [1.807, 2.05) is 18.2 Å². The summed E-state index contributed by atoms with van der Waals surface area (Å²) in [6.07, 6.45) is 1.01. The Morgan fingerprint density at radius 3 is 2.61 bits per heavy atom. The quantitative estimate of drug-likeness (QED) is 0.682. The Morgan fingerprint density at radius 1 is 0.929 bits per heavy atom. The molecule has 0 unspecified atom stereocenters. The van der Waals surface area contributed by atoms with E-state index in [4.69, 9.17) is 9.72 Å². The summed E-state index contributed by atoms with van der Waals surface area (Å²) in [6.45, 7) is 2.57. The highest BCUT2D eigenvalue weighted by molar-refractivity contribution is 7.89. The number of aromatic nitrogens is 1. The molecule has 0 saturated carbocycles. The summed E-state index contributed by atoms with van der Waals surface area (Å²) in [6, 6.07) is 17.5. The molecule has 1 saturated heterocycles. The summed E-state index contributed by atoms with van der Waals surface area (Å²) in [5.74, 6) is 0.890. The molecular formula is C21H21N3O3S. The minimum Gasteiger partial charge on any atom is -0.379 e. The van der Waals surface area contributed by atoms with E-state index in [-0.39, 0.29) is 0 Å². The van der Waals surface area contributed by atoms with Crippen LogP contribution in [0.2, 0.25) is 0 Å². The van der Waals surface area contributed by atoms with Gasteiger partial charge in [-0.15, -0.1) is 0 Å². The van der Waals surface area contributed by atoms with Crippen LogP contribution in [0, 0.1) is 0 Å².